The van der Waals surface area contributed by atoms with Gasteiger partial charge in [-0.1, -0.05) is 0 Å². The summed E-state index contributed by atoms with van der Waals surface area (Å²) in [6, 6.07) is 6.12. The van der Waals surface area contributed by atoms with Crippen LogP contribution < -0.4 is 14.7 Å². The zero-order valence-electron chi connectivity index (χ0n) is 23.5. The van der Waals surface area contributed by atoms with Crippen molar-refractivity contribution in [1.29, 1.82) is 0 Å². The van der Waals surface area contributed by atoms with Crippen LogP contribution in [0, 0.1) is 5.82 Å². The fourth-order valence-electron chi connectivity index (χ4n) is 4.26. The topological polar surface area (TPSA) is 108 Å². The summed E-state index contributed by atoms with van der Waals surface area (Å²) in [5.74, 6) is -1.41. The number of aromatic nitrogens is 3. The molecule has 2 amide bonds. The Morgan fingerprint density at radius 2 is 1.83 bits per heavy atom. The van der Waals surface area contributed by atoms with Crippen molar-refractivity contribution in [2.75, 3.05) is 55.0 Å². The zero-order chi connectivity index (χ0) is 29.9. The third-order valence-corrected chi connectivity index (χ3v) is 6.27. The monoisotopic (exact) mass is 575 g/mol. The van der Waals surface area contributed by atoms with Gasteiger partial charge in [-0.15, -0.1) is 10.2 Å². The molecule has 11 nitrogen and oxygen atoms in total. The molecule has 1 aliphatic rings. The molecule has 3 aromatic rings. The second-order valence-electron chi connectivity index (χ2n) is 10.7. The number of hydrogen-bond donors (Lipinski definition) is 0. The summed E-state index contributed by atoms with van der Waals surface area (Å²) in [4.78, 5) is 35.4. The second kappa shape index (κ2) is 12.0. The number of carbonyl (C=O) groups excluding carboxylic acids is 2. The number of halogens is 3. The van der Waals surface area contributed by atoms with Crippen LogP contribution in [0.5, 0.6) is 0 Å². The molecule has 1 fully saturated rings. The van der Waals surface area contributed by atoms with Crippen molar-refractivity contribution in [1.82, 2.24) is 20.1 Å². The lowest BCUT2D eigenvalue weighted by Gasteiger charge is -2.37. The summed E-state index contributed by atoms with van der Waals surface area (Å²) in [6.45, 7) is 7.01. The minimum absolute atomic E-state index is 0.0179. The Bertz CT molecular complexity index is 1370. The summed E-state index contributed by atoms with van der Waals surface area (Å²) in [5.41, 5.74) is 1.49. The lowest BCUT2D eigenvalue weighted by Crippen LogP contribution is -2.50. The summed E-state index contributed by atoms with van der Waals surface area (Å²) in [6.07, 6.45) is -1.33. The minimum Gasteiger partial charge on any atom is -0.444 e. The second-order valence-corrected chi connectivity index (χ2v) is 10.7. The quantitative estimate of drug-likeness (QED) is 0.359. The highest BCUT2D eigenvalue weighted by Gasteiger charge is 2.28. The van der Waals surface area contributed by atoms with Gasteiger partial charge in [-0.3, -0.25) is 9.78 Å². The molecule has 0 saturated carbocycles. The predicted octanol–water partition coefficient (Wildman–Crippen LogP) is 4.49. The van der Waals surface area contributed by atoms with Gasteiger partial charge in [-0.05, 0) is 39.0 Å². The average molecular weight is 576 g/mol. The SMILES string of the molecule is CN(C)c1cc(N2CCN(C(=O)OC(C)(C)C)CC2)c(F)cc1N(C=O)Cc1ccc(-c2nnc(C(F)F)o2)cn1. The molecular weight excluding hydrogens is 543 g/mol. The Labute approximate surface area is 235 Å². The summed E-state index contributed by atoms with van der Waals surface area (Å²) in [7, 11) is 3.57. The van der Waals surface area contributed by atoms with Crippen molar-refractivity contribution in [3.8, 4) is 11.5 Å². The molecule has 0 unspecified atom stereocenters. The molecule has 0 N–H and O–H groups in total. The lowest BCUT2D eigenvalue weighted by atomic mass is 10.1. The standard InChI is InChI=1S/C27H32F3N7O4/c1-27(2,3)41-26(39)36-10-8-35(9-11-36)20-13-21(34(4)5)22(12-19(20)28)37(16-38)15-18-7-6-17(14-31-18)24-32-33-25(40-24)23(29)30/h6-7,12-14,16,23H,8-11,15H2,1-5H3. The maximum atomic E-state index is 15.5. The van der Waals surface area contributed by atoms with E-state index in [2.05, 4.69) is 15.2 Å². The Hall–Kier alpha value is -4.36. The third-order valence-electron chi connectivity index (χ3n) is 6.27. The normalized spacial score (nSPS) is 13.9. The van der Waals surface area contributed by atoms with E-state index in [1.807, 2.05) is 4.90 Å². The molecule has 0 atom stereocenters. The van der Waals surface area contributed by atoms with Crippen molar-refractivity contribution in [2.24, 2.45) is 0 Å². The number of alkyl halides is 2. The van der Waals surface area contributed by atoms with Gasteiger partial charge < -0.3 is 28.8 Å². The van der Waals surface area contributed by atoms with Crippen LogP contribution in [0.2, 0.25) is 0 Å². The number of amides is 2. The number of hydrogen-bond acceptors (Lipinski definition) is 9. The molecule has 1 aliphatic heterocycles. The third kappa shape index (κ3) is 7.05. The number of pyridine rings is 1. The van der Waals surface area contributed by atoms with Crippen molar-refractivity contribution < 1.29 is 31.9 Å². The smallest absolute Gasteiger partial charge is 0.410 e. The van der Waals surface area contributed by atoms with Crippen LogP contribution >= 0.6 is 0 Å². The van der Waals surface area contributed by atoms with Crippen molar-refractivity contribution in [3.05, 3.63) is 47.9 Å². The van der Waals surface area contributed by atoms with E-state index in [0.29, 0.717) is 60.9 Å². The summed E-state index contributed by atoms with van der Waals surface area (Å²) >= 11 is 0. The molecule has 0 aliphatic carbocycles. The Morgan fingerprint density at radius 3 is 2.37 bits per heavy atom. The molecule has 1 saturated heterocycles. The number of carbonyl (C=O) groups is 2. The number of piperazine rings is 1. The van der Waals surface area contributed by atoms with Gasteiger partial charge in [-0.2, -0.15) is 8.78 Å². The Morgan fingerprint density at radius 1 is 1.12 bits per heavy atom. The van der Waals surface area contributed by atoms with Crippen LogP contribution in [-0.2, 0) is 16.1 Å². The fraction of sp³-hybridized carbons (Fsp3) is 0.444. The molecule has 0 bridgehead atoms. The molecule has 14 heteroatoms. The van der Waals surface area contributed by atoms with E-state index in [1.54, 1.807) is 62.9 Å². The fourth-order valence-corrected chi connectivity index (χ4v) is 4.26. The van der Waals surface area contributed by atoms with E-state index < -0.39 is 29.8 Å². The van der Waals surface area contributed by atoms with Crippen LogP contribution in [0.25, 0.3) is 11.5 Å². The highest BCUT2D eigenvalue weighted by atomic mass is 19.3. The van der Waals surface area contributed by atoms with E-state index in [9.17, 15) is 18.4 Å². The molecule has 0 spiro atoms. The number of anilines is 3. The summed E-state index contributed by atoms with van der Waals surface area (Å²) < 4.78 is 51.4. The average Bonchev–Trinajstić information content (AvgIpc) is 3.42. The Kier molecular flexibility index (Phi) is 8.69. The maximum absolute atomic E-state index is 15.5. The van der Waals surface area contributed by atoms with Crippen molar-refractivity contribution in [2.45, 2.75) is 39.3 Å². The summed E-state index contributed by atoms with van der Waals surface area (Å²) in [5, 5.41) is 6.90. The van der Waals surface area contributed by atoms with Crippen LogP contribution in [0.4, 0.5) is 35.0 Å². The maximum Gasteiger partial charge on any atom is 0.410 e. The first kappa shape index (κ1) is 29.6. The van der Waals surface area contributed by atoms with E-state index in [-0.39, 0.29) is 12.4 Å². The molecule has 4 rings (SSSR count). The van der Waals surface area contributed by atoms with Crippen LogP contribution in [0.15, 0.2) is 34.9 Å². The largest absolute Gasteiger partial charge is 0.444 e. The van der Waals surface area contributed by atoms with E-state index in [4.69, 9.17) is 9.15 Å². The number of benzene rings is 1. The molecule has 2 aromatic heterocycles. The van der Waals surface area contributed by atoms with Crippen LogP contribution in [0.3, 0.4) is 0 Å². The van der Waals surface area contributed by atoms with Gasteiger partial charge in [0.25, 0.3) is 5.89 Å². The van der Waals surface area contributed by atoms with Gasteiger partial charge in [0.1, 0.15) is 11.4 Å². The highest BCUT2D eigenvalue weighted by Crippen LogP contribution is 2.36. The van der Waals surface area contributed by atoms with Gasteiger partial charge in [-0.25, -0.2) is 9.18 Å². The number of nitrogens with zero attached hydrogens (tertiary/aromatic N) is 7. The van der Waals surface area contributed by atoms with Gasteiger partial charge in [0, 0.05) is 52.5 Å². The van der Waals surface area contributed by atoms with Gasteiger partial charge in [0.2, 0.25) is 12.3 Å². The van der Waals surface area contributed by atoms with Gasteiger partial charge >= 0.3 is 12.5 Å². The van der Waals surface area contributed by atoms with Crippen LogP contribution in [0.1, 0.15) is 38.8 Å². The van der Waals surface area contributed by atoms with Gasteiger partial charge in [0.05, 0.1) is 34.9 Å². The number of rotatable bonds is 8. The lowest BCUT2D eigenvalue weighted by molar-refractivity contribution is -0.107. The van der Waals surface area contributed by atoms with E-state index in [0.717, 1.165) is 0 Å². The zero-order valence-corrected chi connectivity index (χ0v) is 23.5. The van der Waals surface area contributed by atoms with E-state index >= 15 is 4.39 Å². The minimum atomic E-state index is -2.89. The van der Waals surface area contributed by atoms with Crippen molar-refractivity contribution >= 4 is 29.6 Å². The molecule has 3 heterocycles. The molecule has 41 heavy (non-hydrogen) atoms. The van der Waals surface area contributed by atoms with E-state index in [1.165, 1.54) is 17.2 Å². The number of ether oxygens (including phenoxy) is 1. The molecular formula is C27H32F3N7O4. The first-order valence-electron chi connectivity index (χ1n) is 12.9. The molecule has 1 aromatic carbocycles. The molecule has 220 valence electrons. The predicted molar refractivity (Wildman–Crippen MR) is 145 cm³/mol. The van der Waals surface area contributed by atoms with Crippen LogP contribution in [-0.4, -0.2) is 78.5 Å². The Balaban J connectivity index is 1.50. The first-order chi connectivity index (χ1) is 19.4. The first-order valence-corrected chi connectivity index (χ1v) is 12.9. The van der Waals surface area contributed by atoms with Crippen molar-refractivity contribution in [3.63, 3.8) is 0 Å². The highest BCUT2D eigenvalue weighted by molar-refractivity contribution is 5.86. The molecule has 0 radical (unpaired) electrons. The van der Waals surface area contributed by atoms with Gasteiger partial charge in [0.15, 0.2) is 0 Å².